The van der Waals surface area contributed by atoms with Crippen LogP contribution in [0.1, 0.15) is 18.4 Å². The molecule has 124 valence electrons. The van der Waals surface area contributed by atoms with E-state index in [0.29, 0.717) is 18.7 Å². The molecule has 1 fully saturated rings. The molecule has 7 nitrogen and oxygen atoms in total. The number of anilines is 1. The first-order valence-electron chi connectivity index (χ1n) is 7.94. The zero-order valence-corrected chi connectivity index (χ0v) is 13.0. The van der Waals surface area contributed by atoms with Crippen LogP contribution >= 0.6 is 0 Å². The van der Waals surface area contributed by atoms with Crippen LogP contribution in [0, 0.1) is 5.82 Å². The zero-order valence-electron chi connectivity index (χ0n) is 13.0. The highest BCUT2D eigenvalue weighted by atomic mass is 19.1. The molecule has 3 heterocycles. The van der Waals surface area contributed by atoms with Crippen molar-refractivity contribution in [3.8, 4) is 0 Å². The third-order valence-electron chi connectivity index (χ3n) is 4.09. The molecule has 0 aliphatic carbocycles. The molecule has 0 amide bonds. The van der Waals surface area contributed by atoms with Crippen LogP contribution in [0.3, 0.4) is 0 Å². The maximum absolute atomic E-state index is 13.5. The summed E-state index contributed by atoms with van der Waals surface area (Å²) in [4.78, 5) is 2.08. The van der Waals surface area contributed by atoms with E-state index in [1.165, 1.54) is 16.8 Å². The minimum absolute atomic E-state index is 0.157. The first kappa shape index (κ1) is 14.9. The lowest BCUT2D eigenvalue weighted by Gasteiger charge is -2.26. The van der Waals surface area contributed by atoms with Crippen LogP contribution in [0.5, 0.6) is 0 Å². The second kappa shape index (κ2) is 6.48. The fourth-order valence-electron chi connectivity index (χ4n) is 2.94. The molecule has 3 aromatic rings. The van der Waals surface area contributed by atoms with Gasteiger partial charge in [-0.2, -0.15) is 0 Å². The Hall–Kier alpha value is -2.61. The fraction of sp³-hybridized carbons (Fsp3) is 0.375. The number of nitrogens with zero attached hydrogens (tertiary/aromatic N) is 6. The van der Waals surface area contributed by atoms with Gasteiger partial charge in [-0.05, 0) is 53.1 Å². The summed E-state index contributed by atoms with van der Waals surface area (Å²) in [6.45, 7) is 2.02. The van der Waals surface area contributed by atoms with Crippen molar-refractivity contribution in [1.82, 2.24) is 25.3 Å². The Balaban J connectivity index is 1.63. The Morgan fingerprint density at radius 1 is 1.29 bits per heavy atom. The second-order valence-corrected chi connectivity index (χ2v) is 5.86. The molecule has 1 aromatic carbocycles. The van der Waals surface area contributed by atoms with E-state index in [-0.39, 0.29) is 11.9 Å². The second-order valence-electron chi connectivity index (χ2n) is 5.86. The van der Waals surface area contributed by atoms with Crippen molar-refractivity contribution in [3.63, 3.8) is 0 Å². The molecule has 0 saturated carbocycles. The predicted molar refractivity (Wildman–Crippen MR) is 85.0 cm³/mol. The van der Waals surface area contributed by atoms with Crippen LogP contribution in [0.2, 0.25) is 0 Å². The average Bonchev–Trinajstić information content (AvgIpc) is 3.25. The van der Waals surface area contributed by atoms with Crippen molar-refractivity contribution in [2.45, 2.75) is 25.5 Å². The third kappa shape index (κ3) is 3.18. The molecule has 0 spiro atoms. The molecule has 0 unspecified atom stereocenters. The number of hydrogen-bond donors (Lipinski definition) is 0. The lowest BCUT2D eigenvalue weighted by Crippen LogP contribution is -2.32. The van der Waals surface area contributed by atoms with E-state index >= 15 is 0 Å². The summed E-state index contributed by atoms with van der Waals surface area (Å²) < 4.78 is 20.6. The normalized spacial score (nSPS) is 17.5. The molecule has 4 rings (SSSR count). The number of aromatic nitrogens is 5. The van der Waals surface area contributed by atoms with Gasteiger partial charge in [-0.3, -0.25) is 0 Å². The number of halogens is 1. The summed E-state index contributed by atoms with van der Waals surface area (Å²) >= 11 is 0. The lowest BCUT2D eigenvalue weighted by atomic mass is 10.1. The van der Waals surface area contributed by atoms with Gasteiger partial charge >= 0.3 is 0 Å². The van der Waals surface area contributed by atoms with Crippen LogP contribution in [-0.2, 0) is 11.3 Å². The molecule has 0 N–H and O–H groups in total. The monoisotopic (exact) mass is 328 g/mol. The first-order valence-corrected chi connectivity index (χ1v) is 7.94. The Morgan fingerprint density at radius 2 is 2.25 bits per heavy atom. The summed E-state index contributed by atoms with van der Waals surface area (Å²) in [6, 6.07) is 10.3. The van der Waals surface area contributed by atoms with Gasteiger partial charge in [-0.1, -0.05) is 12.1 Å². The summed E-state index contributed by atoms with van der Waals surface area (Å²) in [5.74, 6) is 0.489. The van der Waals surface area contributed by atoms with E-state index in [0.717, 1.165) is 30.8 Å². The van der Waals surface area contributed by atoms with Gasteiger partial charge in [0.15, 0.2) is 11.5 Å². The molecular weight excluding hydrogens is 311 g/mol. The minimum atomic E-state index is -0.242. The van der Waals surface area contributed by atoms with Crippen LogP contribution in [-0.4, -0.2) is 44.5 Å². The van der Waals surface area contributed by atoms with Gasteiger partial charge < -0.3 is 9.64 Å². The van der Waals surface area contributed by atoms with E-state index < -0.39 is 0 Å². The molecular formula is C16H17FN6O. The number of hydrogen-bond acceptors (Lipinski definition) is 6. The smallest absolute Gasteiger partial charge is 0.200 e. The van der Waals surface area contributed by atoms with E-state index in [9.17, 15) is 4.39 Å². The van der Waals surface area contributed by atoms with Gasteiger partial charge in [-0.15, -0.1) is 14.8 Å². The topological polar surface area (TPSA) is 68.4 Å². The van der Waals surface area contributed by atoms with Gasteiger partial charge in [0.1, 0.15) is 5.82 Å². The number of rotatable bonds is 5. The highest BCUT2D eigenvalue weighted by Crippen LogP contribution is 2.20. The van der Waals surface area contributed by atoms with Crippen LogP contribution < -0.4 is 4.90 Å². The fourth-order valence-corrected chi connectivity index (χ4v) is 2.94. The minimum Gasteiger partial charge on any atom is -0.376 e. The Bertz CT molecular complexity index is 832. The lowest BCUT2D eigenvalue weighted by molar-refractivity contribution is 0.115. The van der Waals surface area contributed by atoms with Crippen molar-refractivity contribution < 1.29 is 9.13 Å². The molecule has 24 heavy (non-hydrogen) atoms. The molecule has 1 aliphatic rings. The average molecular weight is 328 g/mol. The highest BCUT2D eigenvalue weighted by molar-refractivity contribution is 5.45. The standard InChI is InChI=1S/C16H17FN6O/c17-13-4-1-3-12(9-13)10-22(11-14-5-2-8-24-14)16-7-6-15-18-20-21-23(15)19-16/h1,3-4,6-7,9,14H,2,5,8,10-11H2/t14-/m0/s1. The Kier molecular flexibility index (Phi) is 4.04. The Labute approximate surface area is 138 Å². The van der Waals surface area contributed by atoms with Crippen LogP contribution in [0.15, 0.2) is 36.4 Å². The quantitative estimate of drug-likeness (QED) is 0.712. The van der Waals surface area contributed by atoms with E-state index in [1.807, 2.05) is 18.2 Å². The van der Waals surface area contributed by atoms with E-state index in [2.05, 4.69) is 25.5 Å². The molecule has 8 heteroatoms. The largest absolute Gasteiger partial charge is 0.376 e. The molecule has 1 atom stereocenters. The third-order valence-corrected chi connectivity index (χ3v) is 4.09. The molecule has 0 bridgehead atoms. The maximum Gasteiger partial charge on any atom is 0.200 e. The maximum atomic E-state index is 13.5. The molecule has 1 saturated heterocycles. The number of ether oxygens (including phenoxy) is 1. The number of benzene rings is 1. The highest BCUT2D eigenvalue weighted by Gasteiger charge is 2.21. The molecule has 0 radical (unpaired) electrons. The van der Waals surface area contributed by atoms with E-state index in [4.69, 9.17) is 4.74 Å². The SMILES string of the molecule is Fc1cccc(CN(C[C@@H]2CCCO2)c2ccc3nnnn3n2)c1. The van der Waals surface area contributed by atoms with Gasteiger partial charge in [0.25, 0.3) is 0 Å². The van der Waals surface area contributed by atoms with Crippen LogP contribution in [0.25, 0.3) is 5.65 Å². The van der Waals surface area contributed by atoms with Crippen LogP contribution in [0.4, 0.5) is 10.2 Å². The summed E-state index contributed by atoms with van der Waals surface area (Å²) in [5.41, 5.74) is 1.47. The summed E-state index contributed by atoms with van der Waals surface area (Å²) in [6.07, 6.45) is 2.25. The van der Waals surface area contributed by atoms with Crippen molar-refractivity contribution in [2.24, 2.45) is 0 Å². The van der Waals surface area contributed by atoms with Crippen molar-refractivity contribution >= 4 is 11.5 Å². The number of tetrazole rings is 1. The van der Waals surface area contributed by atoms with Crippen molar-refractivity contribution in [3.05, 3.63) is 47.8 Å². The summed E-state index contributed by atoms with van der Waals surface area (Å²) in [7, 11) is 0. The van der Waals surface area contributed by atoms with Gasteiger partial charge in [-0.25, -0.2) is 4.39 Å². The van der Waals surface area contributed by atoms with Gasteiger partial charge in [0.05, 0.1) is 6.10 Å². The summed E-state index contributed by atoms with van der Waals surface area (Å²) in [5, 5.41) is 15.8. The molecule has 1 aliphatic heterocycles. The van der Waals surface area contributed by atoms with Gasteiger partial charge in [0.2, 0.25) is 0 Å². The molecule has 2 aromatic heterocycles. The van der Waals surface area contributed by atoms with Gasteiger partial charge in [0, 0.05) is 19.7 Å². The predicted octanol–water partition coefficient (Wildman–Crippen LogP) is 1.84. The first-order chi connectivity index (χ1) is 11.8. The zero-order chi connectivity index (χ0) is 16.4. The van der Waals surface area contributed by atoms with E-state index in [1.54, 1.807) is 6.07 Å². The van der Waals surface area contributed by atoms with Crippen molar-refractivity contribution in [2.75, 3.05) is 18.1 Å². The van der Waals surface area contributed by atoms with Crippen molar-refractivity contribution in [1.29, 1.82) is 0 Å². The number of fused-ring (bicyclic) bond motifs is 1. The Morgan fingerprint density at radius 3 is 3.08 bits per heavy atom.